The van der Waals surface area contributed by atoms with Crippen LogP contribution in [0, 0.1) is 17.8 Å². The van der Waals surface area contributed by atoms with Gasteiger partial charge in [0.15, 0.2) is 0 Å². The maximum Gasteiger partial charge on any atom is 0.225 e. The number of hydrogen-bond acceptors (Lipinski definition) is 3. The van der Waals surface area contributed by atoms with E-state index in [1.807, 2.05) is 45.0 Å². The van der Waals surface area contributed by atoms with Crippen molar-refractivity contribution in [2.75, 3.05) is 19.6 Å². The lowest BCUT2D eigenvalue weighted by molar-refractivity contribution is -0.141. The Morgan fingerprint density at radius 2 is 1.65 bits per heavy atom. The number of hydrogen-bond donors (Lipinski definition) is 0. The van der Waals surface area contributed by atoms with Crippen LogP contribution in [0.4, 0.5) is 0 Å². The molecule has 0 aliphatic carbocycles. The van der Waals surface area contributed by atoms with Crippen molar-refractivity contribution in [3.05, 3.63) is 18.2 Å². The summed E-state index contributed by atoms with van der Waals surface area (Å²) < 4.78 is 2.21. The Hall–Kier alpha value is -1.85. The molecule has 2 aliphatic rings. The highest BCUT2D eigenvalue weighted by atomic mass is 16.2. The molecule has 2 amide bonds. The van der Waals surface area contributed by atoms with Crippen molar-refractivity contribution in [2.24, 2.45) is 17.8 Å². The van der Waals surface area contributed by atoms with Crippen LogP contribution < -0.4 is 0 Å². The Balaban J connectivity index is 1.82. The zero-order chi connectivity index (χ0) is 18.8. The lowest BCUT2D eigenvalue weighted by atomic mass is 9.87. The molecular formula is C20H32N4O2. The van der Waals surface area contributed by atoms with Crippen LogP contribution in [0.5, 0.6) is 0 Å². The number of likely N-dealkylation sites (tertiary alicyclic amines) is 1. The van der Waals surface area contributed by atoms with Crippen molar-refractivity contribution >= 4 is 11.8 Å². The summed E-state index contributed by atoms with van der Waals surface area (Å²) in [5, 5.41) is 0. The van der Waals surface area contributed by atoms with Gasteiger partial charge >= 0.3 is 0 Å². The summed E-state index contributed by atoms with van der Waals surface area (Å²) in [6.07, 6.45) is 6.70. The third-order valence-electron chi connectivity index (χ3n) is 5.71. The number of nitrogens with zero attached hydrogens (tertiary/aromatic N) is 4. The first kappa shape index (κ1) is 18.9. The van der Waals surface area contributed by atoms with Crippen LogP contribution in [-0.4, -0.2) is 50.8 Å². The first-order valence-corrected chi connectivity index (χ1v) is 10.0. The summed E-state index contributed by atoms with van der Waals surface area (Å²) in [6.45, 7) is 11.1. The maximum absolute atomic E-state index is 12.9. The summed E-state index contributed by atoms with van der Waals surface area (Å²) in [5.74, 6) is 1.86. The number of piperidine rings is 1. The Labute approximate surface area is 156 Å². The van der Waals surface area contributed by atoms with Gasteiger partial charge in [-0.2, -0.15) is 0 Å². The quantitative estimate of drug-likeness (QED) is 0.833. The van der Waals surface area contributed by atoms with Gasteiger partial charge in [0.05, 0.1) is 6.04 Å². The van der Waals surface area contributed by atoms with Gasteiger partial charge in [-0.1, -0.05) is 27.7 Å². The molecule has 0 spiro atoms. The van der Waals surface area contributed by atoms with E-state index in [0.29, 0.717) is 5.92 Å². The van der Waals surface area contributed by atoms with E-state index < -0.39 is 0 Å². The molecule has 1 fully saturated rings. The van der Waals surface area contributed by atoms with Gasteiger partial charge in [0.2, 0.25) is 11.8 Å². The normalized spacial score (nSPS) is 21.8. The smallest absolute Gasteiger partial charge is 0.225 e. The number of carbonyl (C=O) groups excluding carboxylic acids is 2. The van der Waals surface area contributed by atoms with Gasteiger partial charge in [-0.3, -0.25) is 9.59 Å². The van der Waals surface area contributed by atoms with Crippen LogP contribution in [0.15, 0.2) is 12.4 Å². The van der Waals surface area contributed by atoms with Crippen LogP contribution in [-0.2, 0) is 16.1 Å². The molecular weight excluding hydrogens is 328 g/mol. The second kappa shape index (κ2) is 7.80. The van der Waals surface area contributed by atoms with Crippen molar-refractivity contribution in [1.82, 2.24) is 19.4 Å². The molecule has 144 valence electrons. The minimum Gasteiger partial charge on any atom is -0.342 e. The van der Waals surface area contributed by atoms with Crippen LogP contribution in [0.25, 0.3) is 0 Å². The number of carbonyl (C=O) groups is 2. The van der Waals surface area contributed by atoms with E-state index in [4.69, 9.17) is 0 Å². The van der Waals surface area contributed by atoms with Gasteiger partial charge < -0.3 is 14.4 Å². The Morgan fingerprint density at radius 1 is 1.00 bits per heavy atom. The molecule has 1 saturated heterocycles. The number of imidazole rings is 1. The molecule has 6 heteroatoms. The summed E-state index contributed by atoms with van der Waals surface area (Å²) in [4.78, 5) is 33.9. The van der Waals surface area contributed by atoms with Crippen LogP contribution in [0.2, 0.25) is 0 Å². The molecule has 1 aromatic rings. The van der Waals surface area contributed by atoms with E-state index in [2.05, 4.69) is 14.5 Å². The average molecular weight is 361 g/mol. The summed E-state index contributed by atoms with van der Waals surface area (Å²) in [5.41, 5.74) is 0. The molecule has 26 heavy (non-hydrogen) atoms. The first-order valence-electron chi connectivity index (χ1n) is 10.0. The van der Waals surface area contributed by atoms with Crippen LogP contribution >= 0.6 is 0 Å². The van der Waals surface area contributed by atoms with Crippen LogP contribution in [0.3, 0.4) is 0 Å². The van der Waals surface area contributed by atoms with Crippen molar-refractivity contribution in [2.45, 2.75) is 59.5 Å². The second-order valence-corrected chi connectivity index (χ2v) is 8.28. The zero-order valence-corrected chi connectivity index (χ0v) is 16.5. The Bertz CT molecular complexity index is 644. The summed E-state index contributed by atoms with van der Waals surface area (Å²) in [6, 6.07) is 0.0266. The zero-order valence-electron chi connectivity index (χ0n) is 16.5. The third-order valence-corrected chi connectivity index (χ3v) is 5.71. The highest BCUT2D eigenvalue weighted by Crippen LogP contribution is 2.37. The number of aryl methyl sites for hydroxylation is 1. The molecule has 0 saturated carbocycles. The second-order valence-electron chi connectivity index (χ2n) is 8.28. The van der Waals surface area contributed by atoms with E-state index in [1.165, 1.54) is 0 Å². The molecule has 1 unspecified atom stereocenters. The minimum atomic E-state index is -0.0124. The van der Waals surface area contributed by atoms with Crippen molar-refractivity contribution < 1.29 is 9.59 Å². The Kier molecular flexibility index (Phi) is 5.68. The van der Waals surface area contributed by atoms with Gasteiger partial charge in [0.1, 0.15) is 5.82 Å². The van der Waals surface area contributed by atoms with Crippen molar-refractivity contribution in [1.29, 1.82) is 0 Å². The van der Waals surface area contributed by atoms with Gasteiger partial charge in [0.25, 0.3) is 0 Å². The van der Waals surface area contributed by atoms with Gasteiger partial charge in [-0.05, 0) is 25.2 Å². The van der Waals surface area contributed by atoms with Crippen molar-refractivity contribution in [3.8, 4) is 0 Å². The van der Waals surface area contributed by atoms with Gasteiger partial charge in [-0.15, -0.1) is 0 Å². The highest BCUT2D eigenvalue weighted by Gasteiger charge is 2.39. The monoisotopic (exact) mass is 360 g/mol. The lowest BCUT2D eigenvalue weighted by Crippen LogP contribution is -2.46. The standard InChI is InChI=1S/C20H32N4O2/c1-14(2)19(25)23-11-6-16(7-12-23)17-18-21-8-13-22(18)9-5-10-24(17)20(26)15(3)4/h8,13-17H,5-7,9-12H2,1-4H3. The molecule has 0 radical (unpaired) electrons. The maximum atomic E-state index is 12.9. The number of aromatic nitrogens is 2. The SMILES string of the molecule is CC(C)C(=O)N1CCC(C2c3nccn3CCCN2C(=O)C(C)C)CC1. The fraction of sp³-hybridized carbons (Fsp3) is 0.750. The van der Waals surface area contributed by atoms with Crippen LogP contribution in [0.1, 0.15) is 58.8 Å². The predicted octanol–water partition coefficient (Wildman–Crippen LogP) is 2.71. The Morgan fingerprint density at radius 3 is 2.27 bits per heavy atom. The molecule has 1 aromatic heterocycles. The topological polar surface area (TPSA) is 58.4 Å². The van der Waals surface area contributed by atoms with Gasteiger partial charge in [0, 0.05) is 50.4 Å². The van der Waals surface area contributed by atoms with E-state index in [9.17, 15) is 9.59 Å². The largest absolute Gasteiger partial charge is 0.342 e. The highest BCUT2D eigenvalue weighted by molar-refractivity contribution is 5.79. The van der Waals surface area contributed by atoms with E-state index >= 15 is 0 Å². The number of rotatable bonds is 3. The molecule has 1 atom stereocenters. The predicted molar refractivity (Wildman–Crippen MR) is 100 cm³/mol. The van der Waals surface area contributed by atoms with E-state index in [0.717, 1.165) is 51.3 Å². The first-order chi connectivity index (χ1) is 12.4. The minimum absolute atomic E-state index is 0.0124. The molecule has 6 nitrogen and oxygen atoms in total. The molecule has 0 bridgehead atoms. The fourth-order valence-electron chi connectivity index (χ4n) is 4.31. The fourth-order valence-corrected chi connectivity index (χ4v) is 4.31. The van der Waals surface area contributed by atoms with E-state index in [-0.39, 0.29) is 29.7 Å². The molecule has 0 N–H and O–H groups in total. The molecule has 3 heterocycles. The summed E-state index contributed by atoms with van der Waals surface area (Å²) in [7, 11) is 0. The summed E-state index contributed by atoms with van der Waals surface area (Å²) >= 11 is 0. The van der Waals surface area contributed by atoms with Gasteiger partial charge in [-0.25, -0.2) is 4.98 Å². The van der Waals surface area contributed by atoms with Crippen molar-refractivity contribution in [3.63, 3.8) is 0 Å². The molecule has 2 aliphatic heterocycles. The van der Waals surface area contributed by atoms with E-state index in [1.54, 1.807) is 0 Å². The number of fused-ring (bicyclic) bond motifs is 1. The number of amides is 2. The third kappa shape index (κ3) is 3.64. The average Bonchev–Trinajstić information content (AvgIpc) is 3.00. The molecule has 0 aromatic carbocycles. The lowest BCUT2D eigenvalue weighted by Gasteiger charge is -2.41. The molecule has 3 rings (SSSR count).